The van der Waals surface area contributed by atoms with E-state index in [2.05, 4.69) is 10.1 Å². The summed E-state index contributed by atoms with van der Waals surface area (Å²) in [6, 6.07) is 6.92. The molecule has 17 heavy (non-hydrogen) atoms. The molecule has 0 N–H and O–H groups in total. The fourth-order valence-corrected chi connectivity index (χ4v) is 1.84. The Morgan fingerprint density at radius 2 is 2.00 bits per heavy atom. The number of rotatable bonds is 2. The van der Waals surface area contributed by atoms with Crippen LogP contribution in [0.1, 0.15) is 10.4 Å². The van der Waals surface area contributed by atoms with Crippen molar-refractivity contribution in [3.8, 4) is 0 Å². The number of Topliss-reactive ketones (excluding diaryl/α,β-unsaturated/α-hetero) is 1. The van der Waals surface area contributed by atoms with Crippen molar-refractivity contribution < 1.29 is 9.59 Å². The van der Waals surface area contributed by atoms with Crippen LogP contribution in [0, 0.1) is 0 Å². The molecule has 6 heteroatoms. The molecule has 1 aliphatic rings. The van der Waals surface area contributed by atoms with Gasteiger partial charge in [-0.25, -0.2) is 9.67 Å². The highest BCUT2D eigenvalue weighted by Gasteiger charge is 2.35. The quantitative estimate of drug-likeness (QED) is 0.700. The first-order valence-electron chi connectivity index (χ1n) is 5.05. The highest BCUT2D eigenvalue weighted by Crippen LogP contribution is 2.28. The number of carbonyl (C=O) groups is 2. The van der Waals surface area contributed by atoms with Crippen LogP contribution >= 0.6 is 0 Å². The average molecular weight is 228 g/mol. The molecule has 84 valence electrons. The van der Waals surface area contributed by atoms with Gasteiger partial charge >= 0.3 is 5.91 Å². The van der Waals surface area contributed by atoms with Crippen LogP contribution in [0.2, 0.25) is 0 Å². The number of nitrogens with zero attached hydrogens (tertiary/aromatic N) is 4. The number of ketones is 1. The van der Waals surface area contributed by atoms with Gasteiger partial charge in [-0.1, -0.05) is 12.1 Å². The van der Waals surface area contributed by atoms with Gasteiger partial charge in [0, 0.05) is 0 Å². The van der Waals surface area contributed by atoms with Gasteiger partial charge in [0.25, 0.3) is 5.78 Å². The maximum Gasteiger partial charge on any atom is 0.301 e. The van der Waals surface area contributed by atoms with Gasteiger partial charge in [-0.2, -0.15) is 5.10 Å². The van der Waals surface area contributed by atoms with Crippen molar-refractivity contribution in [3.05, 3.63) is 42.5 Å². The van der Waals surface area contributed by atoms with E-state index in [9.17, 15) is 9.59 Å². The lowest BCUT2D eigenvalue weighted by molar-refractivity contribution is -0.114. The molecule has 0 radical (unpaired) electrons. The van der Waals surface area contributed by atoms with Gasteiger partial charge in [0.2, 0.25) is 0 Å². The zero-order valence-corrected chi connectivity index (χ0v) is 8.78. The predicted molar refractivity (Wildman–Crippen MR) is 58.3 cm³/mol. The fraction of sp³-hybridized carbons (Fsp3) is 0.0909. The Morgan fingerprint density at radius 3 is 2.76 bits per heavy atom. The molecule has 3 rings (SSSR count). The van der Waals surface area contributed by atoms with E-state index >= 15 is 0 Å². The van der Waals surface area contributed by atoms with Gasteiger partial charge < -0.3 is 0 Å². The molecular formula is C11H8N4O2. The summed E-state index contributed by atoms with van der Waals surface area (Å²) >= 11 is 0. The highest BCUT2D eigenvalue weighted by atomic mass is 16.2. The summed E-state index contributed by atoms with van der Waals surface area (Å²) in [4.78, 5) is 28.7. The molecule has 2 aromatic rings. The Kier molecular flexibility index (Phi) is 2.01. The molecule has 1 aliphatic heterocycles. The van der Waals surface area contributed by atoms with E-state index in [0.717, 1.165) is 0 Å². The summed E-state index contributed by atoms with van der Waals surface area (Å²) < 4.78 is 1.49. The van der Waals surface area contributed by atoms with Gasteiger partial charge in [0.05, 0.1) is 11.3 Å². The third-order valence-electron chi connectivity index (χ3n) is 2.63. The van der Waals surface area contributed by atoms with Crippen LogP contribution in [-0.2, 0) is 11.5 Å². The summed E-state index contributed by atoms with van der Waals surface area (Å²) in [7, 11) is 0. The van der Waals surface area contributed by atoms with E-state index in [1.165, 1.54) is 22.2 Å². The number of para-hydroxylation sites is 1. The third-order valence-corrected chi connectivity index (χ3v) is 2.63. The van der Waals surface area contributed by atoms with Crippen LogP contribution in [-0.4, -0.2) is 26.5 Å². The van der Waals surface area contributed by atoms with Crippen LogP contribution in [0.4, 0.5) is 5.69 Å². The number of amides is 1. The molecule has 0 aliphatic carbocycles. The second-order valence-corrected chi connectivity index (χ2v) is 3.66. The van der Waals surface area contributed by atoms with Crippen molar-refractivity contribution in [1.29, 1.82) is 0 Å². The Labute approximate surface area is 96.5 Å². The van der Waals surface area contributed by atoms with Crippen LogP contribution in [0.5, 0.6) is 0 Å². The van der Waals surface area contributed by atoms with Crippen LogP contribution in [0.3, 0.4) is 0 Å². The lowest BCUT2D eigenvalue weighted by atomic mass is 10.1. The summed E-state index contributed by atoms with van der Waals surface area (Å²) in [6.07, 6.45) is 2.88. The number of carbonyl (C=O) groups excluding carboxylic acids is 2. The van der Waals surface area contributed by atoms with E-state index in [1.54, 1.807) is 24.3 Å². The second kappa shape index (κ2) is 3.51. The molecule has 0 bridgehead atoms. The van der Waals surface area contributed by atoms with Gasteiger partial charge in [-0.15, -0.1) is 0 Å². The van der Waals surface area contributed by atoms with Crippen molar-refractivity contribution in [2.24, 2.45) is 0 Å². The fourth-order valence-electron chi connectivity index (χ4n) is 1.84. The molecule has 6 nitrogen and oxygen atoms in total. The molecule has 1 aromatic carbocycles. The number of hydrogen-bond donors (Lipinski definition) is 0. The monoisotopic (exact) mass is 228 g/mol. The minimum atomic E-state index is -0.526. The molecule has 0 atom stereocenters. The Hall–Kier alpha value is -2.50. The maximum absolute atomic E-state index is 11.8. The smallest absolute Gasteiger partial charge is 0.285 e. The normalized spacial score (nSPS) is 14.2. The van der Waals surface area contributed by atoms with Crippen molar-refractivity contribution in [2.75, 3.05) is 4.90 Å². The van der Waals surface area contributed by atoms with Crippen molar-refractivity contribution in [2.45, 2.75) is 6.67 Å². The first-order chi connectivity index (χ1) is 8.27. The van der Waals surface area contributed by atoms with E-state index in [0.29, 0.717) is 11.3 Å². The largest absolute Gasteiger partial charge is 0.301 e. The Balaban J connectivity index is 2.01. The van der Waals surface area contributed by atoms with Gasteiger partial charge in [-0.05, 0) is 12.1 Å². The standard InChI is InChI=1S/C11H8N4O2/c16-10-8-3-1-2-4-9(8)15(11(10)17)7-14-6-12-5-13-14/h1-6H,7H2. The number of benzene rings is 1. The van der Waals surface area contributed by atoms with E-state index in [4.69, 9.17) is 0 Å². The number of hydrogen-bond acceptors (Lipinski definition) is 4. The zero-order chi connectivity index (χ0) is 11.8. The summed E-state index contributed by atoms with van der Waals surface area (Å²) in [6.45, 7) is 0.196. The first kappa shape index (κ1) is 9.71. The topological polar surface area (TPSA) is 68.1 Å². The lowest BCUT2D eigenvalue weighted by Crippen LogP contribution is -2.31. The van der Waals surface area contributed by atoms with Crippen molar-refractivity contribution in [3.63, 3.8) is 0 Å². The van der Waals surface area contributed by atoms with E-state index in [-0.39, 0.29) is 6.67 Å². The van der Waals surface area contributed by atoms with Gasteiger partial charge in [-0.3, -0.25) is 14.5 Å². The molecule has 1 amide bonds. The minimum Gasteiger partial charge on any atom is -0.285 e. The molecule has 0 spiro atoms. The lowest BCUT2D eigenvalue weighted by Gasteiger charge is -2.15. The first-order valence-corrected chi connectivity index (χ1v) is 5.05. The van der Waals surface area contributed by atoms with Crippen LogP contribution < -0.4 is 4.90 Å². The molecule has 0 fully saturated rings. The molecule has 0 saturated carbocycles. The van der Waals surface area contributed by atoms with Gasteiger partial charge in [0.1, 0.15) is 19.3 Å². The second-order valence-electron chi connectivity index (χ2n) is 3.66. The number of anilines is 1. The molecular weight excluding hydrogens is 220 g/mol. The molecule has 0 unspecified atom stereocenters. The Bertz CT molecular complexity index is 591. The average Bonchev–Trinajstić information content (AvgIpc) is 2.94. The molecule has 2 heterocycles. The number of aromatic nitrogens is 3. The Morgan fingerprint density at radius 1 is 1.18 bits per heavy atom. The van der Waals surface area contributed by atoms with E-state index < -0.39 is 11.7 Å². The van der Waals surface area contributed by atoms with E-state index in [1.807, 2.05) is 0 Å². The number of fused-ring (bicyclic) bond motifs is 1. The zero-order valence-electron chi connectivity index (χ0n) is 8.78. The summed E-state index contributed by atoms with van der Waals surface area (Å²) in [5, 5.41) is 3.91. The third kappa shape index (κ3) is 1.42. The van der Waals surface area contributed by atoms with Gasteiger partial charge in [0.15, 0.2) is 0 Å². The maximum atomic E-state index is 11.8. The predicted octanol–water partition coefficient (Wildman–Crippen LogP) is 0.465. The minimum absolute atomic E-state index is 0.196. The van der Waals surface area contributed by atoms with Crippen molar-refractivity contribution in [1.82, 2.24) is 14.8 Å². The SMILES string of the molecule is O=C1C(=O)N(Cn2cncn2)c2ccccc21. The molecule has 0 saturated heterocycles. The van der Waals surface area contributed by atoms with Crippen molar-refractivity contribution >= 4 is 17.4 Å². The molecule has 1 aromatic heterocycles. The summed E-state index contributed by atoms with van der Waals surface area (Å²) in [5.74, 6) is -0.998. The summed E-state index contributed by atoms with van der Waals surface area (Å²) in [5.41, 5.74) is 1.07. The van der Waals surface area contributed by atoms with Crippen LogP contribution in [0.25, 0.3) is 0 Å². The van der Waals surface area contributed by atoms with Crippen LogP contribution in [0.15, 0.2) is 36.9 Å². The highest BCUT2D eigenvalue weighted by molar-refractivity contribution is 6.52.